The minimum atomic E-state index is -0.436. The van der Waals surface area contributed by atoms with Crippen molar-refractivity contribution >= 4 is 40.5 Å². The van der Waals surface area contributed by atoms with E-state index in [1.807, 2.05) is 99.6 Å². The summed E-state index contributed by atoms with van der Waals surface area (Å²) in [6.07, 6.45) is 1.02. The lowest BCUT2D eigenvalue weighted by molar-refractivity contribution is 0.0278. The summed E-state index contributed by atoms with van der Waals surface area (Å²) in [5, 5.41) is 3.60. The standard InChI is InChI=1S/C35H33ClN2O3/c1-22-10-5-7-12-29(22)34(39)37-27-16-17-28(24(3)20-27)25(4)38-19-9-14-33(31-21-26(36)15-18-32(31)38)41-35(40)30-13-8-6-11-23(30)2/h5-8,10-13,15-18,20-21,33H,4,9,14,19H2,1-3H3,(H,37,39). The van der Waals surface area contributed by atoms with Crippen molar-refractivity contribution < 1.29 is 14.3 Å². The number of nitrogens with one attached hydrogen (secondary N) is 1. The Bertz CT molecular complexity index is 1640. The van der Waals surface area contributed by atoms with Crippen LogP contribution in [0.2, 0.25) is 5.02 Å². The van der Waals surface area contributed by atoms with Crippen LogP contribution >= 0.6 is 11.6 Å². The van der Waals surface area contributed by atoms with Gasteiger partial charge < -0.3 is 15.0 Å². The highest BCUT2D eigenvalue weighted by Gasteiger charge is 2.29. The molecule has 1 aliphatic heterocycles. The van der Waals surface area contributed by atoms with Crippen molar-refractivity contribution in [1.29, 1.82) is 0 Å². The first-order valence-electron chi connectivity index (χ1n) is 13.7. The van der Waals surface area contributed by atoms with E-state index in [-0.39, 0.29) is 11.9 Å². The molecule has 0 radical (unpaired) electrons. The number of nitrogens with zero attached hydrogens (tertiary/aromatic N) is 1. The number of aryl methyl sites for hydroxylation is 3. The number of anilines is 2. The van der Waals surface area contributed by atoms with Crippen molar-refractivity contribution in [3.63, 3.8) is 0 Å². The molecule has 1 heterocycles. The molecule has 5 nitrogen and oxygen atoms in total. The van der Waals surface area contributed by atoms with E-state index in [0.717, 1.165) is 51.3 Å². The number of hydrogen-bond acceptors (Lipinski definition) is 4. The van der Waals surface area contributed by atoms with Gasteiger partial charge in [0.05, 0.1) is 5.56 Å². The molecule has 1 unspecified atom stereocenters. The van der Waals surface area contributed by atoms with E-state index in [1.54, 1.807) is 6.07 Å². The number of rotatable bonds is 6. The van der Waals surface area contributed by atoms with E-state index < -0.39 is 6.10 Å². The third-order valence-electron chi connectivity index (χ3n) is 7.60. The first kappa shape index (κ1) is 28.2. The van der Waals surface area contributed by atoms with E-state index in [9.17, 15) is 9.59 Å². The van der Waals surface area contributed by atoms with E-state index in [4.69, 9.17) is 16.3 Å². The summed E-state index contributed by atoms with van der Waals surface area (Å²) >= 11 is 6.44. The Morgan fingerprint density at radius 2 is 1.54 bits per heavy atom. The fourth-order valence-corrected chi connectivity index (χ4v) is 5.55. The molecular weight excluding hydrogens is 532 g/mol. The van der Waals surface area contributed by atoms with Crippen molar-refractivity contribution in [2.45, 2.75) is 39.7 Å². The zero-order chi connectivity index (χ0) is 29.1. The average molecular weight is 565 g/mol. The maximum atomic E-state index is 13.1. The monoisotopic (exact) mass is 564 g/mol. The molecule has 0 saturated carbocycles. The molecular formula is C35H33ClN2O3. The maximum absolute atomic E-state index is 13.1. The quantitative estimate of drug-likeness (QED) is 0.238. The number of fused-ring (bicyclic) bond motifs is 1. The Hall–Kier alpha value is -4.35. The summed E-state index contributed by atoms with van der Waals surface area (Å²) in [6.45, 7) is 11.0. The number of carbonyl (C=O) groups excluding carboxylic acids is 2. The lowest BCUT2D eigenvalue weighted by Crippen LogP contribution is -2.22. The van der Waals surface area contributed by atoms with Gasteiger partial charge in [-0.15, -0.1) is 0 Å². The van der Waals surface area contributed by atoms with Crippen LogP contribution in [-0.4, -0.2) is 18.4 Å². The molecule has 6 heteroatoms. The van der Waals surface area contributed by atoms with Gasteiger partial charge in [0.25, 0.3) is 5.91 Å². The molecule has 0 spiro atoms. The van der Waals surface area contributed by atoms with Crippen LogP contribution in [0.1, 0.15) is 67.5 Å². The minimum Gasteiger partial charge on any atom is -0.454 e. The molecule has 0 saturated heterocycles. The third-order valence-corrected chi connectivity index (χ3v) is 7.84. The molecule has 4 aromatic carbocycles. The van der Waals surface area contributed by atoms with Crippen LogP contribution in [0.3, 0.4) is 0 Å². The molecule has 1 atom stereocenters. The van der Waals surface area contributed by atoms with Crippen LogP contribution in [0, 0.1) is 20.8 Å². The number of amides is 1. The van der Waals surface area contributed by atoms with Crippen LogP contribution in [0.25, 0.3) is 5.70 Å². The Labute approximate surface area is 246 Å². The molecule has 1 aliphatic rings. The largest absolute Gasteiger partial charge is 0.454 e. The molecule has 0 bridgehead atoms. The second kappa shape index (κ2) is 12.0. The van der Waals surface area contributed by atoms with Gasteiger partial charge in [-0.3, -0.25) is 4.79 Å². The third kappa shape index (κ3) is 6.06. The second-order valence-electron chi connectivity index (χ2n) is 10.5. The second-order valence-corrected chi connectivity index (χ2v) is 10.9. The Morgan fingerprint density at radius 1 is 0.854 bits per heavy atom. The van der Waals surface area contributed by atoms with Gasteiger partial charge in [0, 0.05) is 45.3 Å². The van der Waals surface area contributed by atoms with E-state index >= 15 is 0 Å². The van der Waals surface area contributed by atoms with Gasteiger partial charge in [0.1, 0.15) is 6.10 Å². The van der Waals surface area contributed by atoms with Crippen LogP contribution < -0.4 is 10.2 Å². The molecule has 5 rings (SSSR count). The molecule has 0 fully saturated rings. The molecule has 1 amide bonds. The van der Waals surface area contributed by atoms with Gasteiger partial charge >= 0.3 is 5.97 Å². The highest BCUT2D eigenvalue weighted by atomic mass is 35.5. The van der Waals surface area contributed by atoms with Crippen LogP contribution in [0.5, 0.6) is 0 Å². The lowest BCUT2D eigenvalue weighted by Gasteiger charge is -2.29. The summed E-state index contributed by atoms with van der Waals surface area (Å²) in [7, 11) is 0. The zero-order valence-corrected chi connectivity index (χ0v) is 24.3. The Kier molecular flexibility index (Phi) is 8.27. The fourth-order valence-electron chi connectivity index (χ4n) is 5.37. The van der Waals surface area contributed by atoms with Gasteiger partial charge in [-0.2, -0.15) is 0 Å². The van der Waals surface area contributed by atoms with Crippen molar-refractivity contribution in [2.75, 3.05) is 16.8 Å². The Morgan fingerprint density at radius 3 is 2.22 bits per heavy atom. The normalized spacial score (nSPS) is 14.5. The minimum absolute atomic E-state index is 0.140. The van der Waals surface area contributed by atoms with Crippen molar-refractivity contribution in [3.05, 3.63) is 135 Å². The van der Waals surface area contributed by atoms with Crippen molar-refractivity contribution in [3.8, 4) is 0 Å². The van der Waals surface area contributed by atoms with Crippen molar-refractivity contribution in [2.24, 2.45) is 0 Å². The van der Waals surface area contributed by atoms with Crippen LogP contribution in [0.4, 0.5) is 11.4 Å². The van der Waals surface area contributed by atoms with Crippen LogP contribution in [-0.2, 0) is 4.74 Å². The van der Waals surface area contributed by atoms with E-state index in [1.165, 1.54) is 0 Å². The maximum Gasteiger partial charge on any atom is 0.339 e. The number of ether oxygens (including phenoxy) is 1. The number of carbonyl (C=O) groups is 2. The molecule has 208 valence electrons. The molecule has 0 aromatic heterocycles. The fraction of sp³-hybridized carbons (Fsp3) is 0.200. The topological polar surface area (TPSA) is 58.6 Å². The van der Waals surface area contributed by atoms with Crippen LogP contribution in [0.15, 0.2) is 91.5 Å². The number of benzene rings is 4. The van der Waals surface area contributed by atoms with Gasteiger partial charge in [-0.05, 0) is 92.8 Å². The van der Waals surface area contributed by atoms with Gasteiger partial charge in [0.15, 0.2) is 0 Å². The predicted octanol–water partition coefficient (Wildman–Crippen LogP) is 8.69. The summed E-state index contributed by atoms with van der Waals surface area (Å²) in [4.78, 5) is 28.1. The molecule has 0 aliphatic carbocycles. The highest BCUT2D eigenvalue weighted by molar-refractivity contribution is 6.30. The van der Waals surface area contributed by atoms with E-state index in [0.29, 0.717) is 29.1 Å². The number of esters is 1. The average Bonchev–Trinajstić information content (AvgIpc) is 3.12. The predicted molar refractivity (Wildman–Crippen MR) is 167 cm³/mol. The number of hydrogen-bond donors (Lipinski definition) is 1. The van der Waals surface area contributed by atoms with Gasteiger partial charge in [0.2, 0.25) is 0 Å². The zero-order valence-electron chi connectivity index (χ0n) is 23.5. The summed E-state index contributed by atoms with van der Waals surface area (Å²) < 4.78 is 6.08. The Balaban J connectivity index is 1.40. The lowest BCUT2D eigenvalue weighted by atomic mass is 10.0. The highest BCUT2D eigenvalue weighted by Crippen LogP contribution is 2.41. The summed E-state index contributed by atoms with van der Waals surface area (Å²) in [5.74, 6) is -0.482. The smallest absolute Gasteiger partial charge is 0.339 e. The number of halogens is 1. The van der Waals surface area contributed by atoms with E-state index in [2.05, 4.69) is 16.8 Å². The van der Waals surface area contributed by atoms with Gasteiger partial charge in [-0.1, -0.05) is 60.6 Å². The van der Waals surface area contributed by atoms with Gasteiger partial charge in [-0.25, -0.2) is 4.79 Å². The first-order valence-corrected chi connectivity index (χ1v) is 14.1. The van der Waals surface area contributed by atoms with Crippen molar-refractivity contribution in [1.82, 2.24) is 0 Å². The first-order chi connectivity index (χ1) is 19.7. The SMILES string of the molecule is C=C(c1ccc(NC(=O)c2ccccc2C)cc1C)N1CCCC(OC(=O)c2ccccc2C)c2cc(Cl)ccc21. The summed E-state index contributed by atoms with van der Waals surface area (Å²) in [5.41, 5.74) is 8.29. The molecule has 1 N–H and O–H groups in total. The summed E-state index contributed by atoms with van der Waals surface area (Å²) in [6, 6.07) is 26.5. The molecule has 41 heavy (non-hydrogen) atoms. The molecule has 4 aromatic rings.